The molecule has 8 rings (SSSR count). The summed E-state index contributed by atoms with van der Waals surface area (Å²) >= 11 is 7.82. The van der Waals surface area contributed by atoms with E-state index in [2.05, 4.69) is 146 Å². The summed E-state index contributed by atoms with van der Waals surface area (Å²) in [4.78, 5) is 5.47. The van der Waals surface area contributed by atoms with E-state index in [1.807, 2.05) is 46.2 Å². The second kappa shape index (κ2) is 19.4. The lowest BCUT2D eigenvalue weighted by Crippen LogP contribution is -2.08. The van der Waals surface area contributed by atoms with Gasteiger partial charge in [0.25, 0.3) is 0 Å². The Morgan fingerprint density at radius 1 is 0.542 bits per heavy atom. The molecule has 0 saturated heterocycles. The number of allylic oxidation sites excluding steroid dienone is 1. The highest BCUT2D eigenvalue weighted by molar-refractivity contribution is 8.03. The third-order valence-corrected chi connectivity index (χ3v) is 17.5. The molecule has 0 aliphatic heterocycles. The van der Waals surface area contributed by atoms with Gasteiger partial charge in [-0.3, -0.25) is 0 Å². The van der Waals surface area contributed by atoms with Crippen LogP contribution in [0.2, 0.25) is 0 Å². The Labute approximate surface area is 371 Å². The molecule has 0 amide bonds. The van der Waals surface area contributed by atoms with Crippen molar-refractivity contribution in [2.24, 2.45) is 29.6 Å². The predicted molar refractivity (Wildman–Crippen MR) is 268 cm³/mol. The standard InChI is InChI=1S/C55H64S4/c1-35(2)10-8-12-37(5)14-16-40-18-23-46(24-19-40)56-48-27-22-42-30-49-52(33-44(42)29-48)58-55-50-31-43-28-39(7)51(32-45(43)34-53(50)59-54(49)55)57-47-25-20-41(21-26-47)17-15-38(6)13-9-11-36(3)4/h18-27,29-39H,8-17,28H2,1-7H3/t37?,38?,39-/m1/s1. The Balaban J connectivity index is 0.928. The smallest absolute Gasteiger partial charge is 0.0542 e. The van der Waals surface area contributed by atoms with Gasteiger partial charge in [0, 0.05) is 34.9 Å². The monoisotopic (exact) mass is 852 g/mol. The lowest BCUT2D eigenvalue weighted by Gasteiger charge is -2.23. The third-order valence-electron chi connectivity index (χ3n) is 12.7. The molecular formula is C55H64S4. The molecule has 0 bridgehead atoms. The molecule has 0 radical (unpaired) electrons. The molecule has 59 heavy (non-hydrogen) atoms. The van der Waals surface area contributed by atoms with Crippen LogP contribution >= 0.6 is 46.2 Å². The lowest BCUT2D eigenvalue weighted by molar-refractivity contribution is 0.437. The van der Waals surface area contributed by atoms with Gasteiger partial charge in [-0.1, -0.05) is 141 Å². The predicted octanol–water partition coefficient (Wildman–Crippen LogP) is 18.7. The third kappa shape index (κ3) is 10.7. The van der Waals surface area contributed by atoms with Crippen LogP contribution in [0.4, 0.5) is 0 Å². The molecule has 4 heteroatoms. The first-order valence-corrected chi connectivity index (χ1v) is 25.9. The summed E-state index contributed by atoms with van der Waals surface area (Å²) in [5.41, 5.74) is 5.85. The van der Waals surface area contributed by atoms with Crippen LogP contribution in [0.3, 0.4) is 0 Å². The molecule has 5 aromatic carbocycles. The van der Waals surface area contributed by atoms with Gasteiger partial charge in [0.2, 0.25) is 0 Å². The number of fused-ring (bicyclic) bond motifs is 7. The summed E-state index contributed by atoms with van der Waals surface area (Å²) < 4.78 is 5.72. The number of benzene rings is 5. The van der Waals surface area contributed by atoms with Gasteiger partial charge in [0.15, 0.2) is 0 Å². The minimum Gasteiger partial charge on any atom is -0.134 e. The van der Waals surface area contributed by atoms with E-state index in [0.717, 1.165) is 30.1 Å². The van der Waals surface area contributed by atoms with Crippen LogP contribution in [0.25, 0.3) is 46.4 Å². The molecule has 0 N–H and O–H groups in total. The zero-order chi connectivity index (χ0) is 41.0. The summed E-state index contributed by atoms with van der Waals surface area (Å²) in [7, 11) is 0. The van der Waals surface area contributed by atoms with Gasteiger partial charge in [0.1, 0.15) is 0 Å². The average molecular weight is 853 g/mol. The van der Waals surface area contributed by atoms with Gasteiger partial charge >= 0.3 is 0 Å². The maximum Gasteiger partial charge on any atom is 0.0542 e. The second-order valence-electron chi connectivity index (χ2n) is 18.8. The van der Waals surface area contributed by atoms with E-state index in [1.54, 1.807) is 0 Å². The molecule has 0 nitrogen and oxygen atoms in total. The number of hydrogen-bond acceptors (Lipinski definition) is 4. The van der Waals surface area contributed by atoms with Gasteiger partial charge in [-0.25, -0.2) is 0 Å². The highest BCUT2D eigenvalue weighted by Gasteiger charge is 2.22. The van der Waals surface area contributed by atoms with Crippen molar-refractivity contribution in [3.05, 3.63) is 118 Å². The zero-order valence-corrected chi connectivity index (χ0v) is 39.8. The van der Waals surface area contributed by atoms with E-state index in [-0.39, 0.29) is 0 Å². The molecule has 3 atom stereocenters. The van der Waals surface area contributed by atoms with E-state index in [0.29, 0.717) is 5.92 Å². The quantitative estimate of drug-likeness (QED) is 0.0843. The van der Waals surface area contributed by atoms with Crippen molar-refractivity contribution in [1.29, 1.82) is 0 Å². The maximum absolute atomic E-state index is 2.53. The highest BCUT2D eigenvalue weighted by Crippen LogP contribution is 2.48. The van der Waals surface area contributed by atoms with Crippen LogP contribution in [-0.2, 0) is 19.3 Å². The minimum absolute atomic E-state index is 0.515. The van der Waals surface area contributed by atoms with Crippen LogP contribution in [0, 0.1) is 29.6 Å². The summed E-state index contributed by atoms with van der Waals surface area (Å²) in [5.74, 6) is 3.76. The minimum atomic E-state index is 0.515. The fraction of sp³-hybridized carbons (Fsp3) is 0.418. The number of rotatable bonds is 18. The summed E-state index contributed by atoms with van der Waals surface area (Å²) in [6, 6.07) is 35.7. The number of hydrogen-bond donors (Lipinski definition) is 0. The fourth-order valence-electron chi connectivity index (χ4n) is 8.90. The lowest BCUT2D eigenvalue weighted by atomic mass is 9.90. The Morgan fingerprint density at radius 3 is 1.68 bits per heavy atom. The van der Waals surface area contributed by atoms with Crippen molar-refractivity contribution < 1.29 is 0 Å². The Morgan fingerprint density at radius 2 is 1.08 bits per heavy atom. The van der Waals surface area contributed by atoms with Crippen molar-refractivity contribution >= 4 is 92.6 Å². The van der Waals surface area contributed by atoms with Crippen molar-refractivity contribution in [2.45, 2.75) is 134 Å². The molecule has 2 aromatic heterocycles. The average Bonchev–Trinajstić information content (AvgIpc) is 3.73. The maximum atomic E-state index is 2.53. The van der Waals surface area contributed by atoms with Crippen molar-refractivity contribution in [3.8, 4) is 0 Å². The number of thiophene rings is 2. The second-order valence-corrected chi connectivity index (χ2v) is 23.2. The van der Waals surface area contributed by atoms with Crippen LogP contribution < -0.4 is 0 Å². The first kappa shape index (κ1) is 42.7. The summed E-state index contributed by atoms with van der Waals surface area (Å²) in [6.07, 6.45) is 16.7. The van der Waals surface area contributed by atoms with E-state index >= 15 is 0 Å². The zero-order valence-electron chi connectivity index (χ0n) is 36.5. The molecule has 308 valence electrons. The topological polar surface area (TPSA) is 0 Å². The molecule has 1 aliphatic rings. The van der Waals surface area contributed by atoms with Gasteiger partial charge in [-0.05, 0) is 166 Å². The van der Waals surface area contributed by atoms with E-state index in [9.17, 15) is 0 Å². The molecule has 0 saturated carbocycles. The van der Waals surface area contributed by atoms with Gasteiger partial charge in [-0.15, -0.1) is 22.7 Å². The van der Waals surface area contributed by atoms with Crippen molar-refractivity contribution in [1.82, 2.24) is 0 Å². The Bertz CT molecular complexity index is 2530. The number of aryl methyl sites for hydroxylation is 2. The van der Waals surface area contributed by atoms with Crippen LogP contribution in [0.15, 0.2) is 111 Å². The van der Waals surface area contributed by atoms with E-state index in [1.165, 1.54) is 146 Å². The highest BCUT2D eigenvalue weighted by atomic mass is 32.2. The first-order chi connectivity index (χ1) is 28.5. The van der Waals surface area contributed by atoms with Crippen LogP contribution in [-0.4, -0.2) is 0 Å². The molecule has 2 heterocycles. The van der Waals surface area contributed by atoms with Crippen LogP contribution in [0.5, 0.6) is 0 Å². The molecule has 0 spiro atoms. The SMILES string of the molecule is CC(C)CCCC(C)CCc1ccc(SC2=Cc3cc4sc5c6cc7ccc(Sc8ccc(CCC(C)CCCC(C)C)cc8)cc7cc6sc5c4cc3C[C@H]2C)cc1. The summed E-state index contributed by atoms with van der Waals surface area (Å²) in [5, 5.41) is 5.51. The molecule has 2 unspecified atom stereocenters. The molecule has 0 fully saturated rings. The molecule has 7 aromatic rings. The van der Waals surface area contributed by atoms with Crippen molar-refractivity contribution in [3.63, 3.8) is 0 Å². The normalized spacial score (nSPS) is 15.5. The van der Waals surface area contributed by atoms with E-state index in [4.69, 9.17) is 0 Å². The fourth-order valence-corrected chi connectivity index (χ4v) is 13.5. The Hall–Kier alpha value is -3.02. The Kier molecular flexibility index (Phi) is 14.0. The van der Waals surface area contributed by atoms with Crippen LogP contribution in [0.1, 0.15) is 122 Å². The summed E-state index contributed by atoms with van der Waals surface area (Å²) in [6.45, 7) is 16.6. The van der Waals surface area contributed by atoms with Crippen molar-refractivity contribution in [2.75, 3.05) is 0 Å². The first-order valence-electron chi connectivity index (χ1n) is 22.6. The number of thioether (sulfide) groups is 1. The van der Waals surface area contributed by atoms with Gasteiger partial charge < -0.3 is 0 Å². The van der Waals surface area contributed by atoms with E-state index < -0.39 is 0 Å². The van der Waals surface area contributed by atoms with Gasteiger partial charge in [0.05, 0.1) is 9.40 Å². The molecular weight excluding hydrogens is 789 g/mol. The molecule has 1 aliphatic carbocycles. The van der Waals surface area contributed by atoms with Gasteiger partial charge in [-0.2, -0.15) is 0 Å². The largest absolute Gasteiger partial charge is 0.134 e.